The molecule has 6 aliphatic rings. The maximum atomic E-state index is 13.6. The van der Waals surface area contributed by atoms with Crippen molar-refractivity contribution in [2.24, 2.45) is 35.5 Å². The molecule has 3 aromatic carbocycles. The van der Waals surface area contributed by atoms with Crippen LogP contribution in [-0.2, 0) is 33.5 Å². The van der Waals surface area contributed by atoms with E-state index in [-0.39, 0.29) is 59.8 Å². The minimum atomic E-state index is -0.312. The Labute approximate surface area is 599 Å². The third-order valence-corrected chi connectivity index (χ3v) is 22.5. The maximum absolute atomic E-state index is 13.6. The molecule has 3 saturated carbocycles. The average molecular weight is 1400 g/mol. The molecule has 0 radical (unpaired) electrons. The van der Waals surface area contributed by atoms with Crippen LogP contribution in [0.3, 0.4) is 0 Å². The van der Waals surface area contributed by atoms with Crippen LogP contribution in [0.4, 0.5) is 27.6 Å². The van der Waals surface area contributed by atoms with Crippen LogP contribution < -0.4 is 16.0 Å². The molecule has 0 aliphatic heterocycles. The van der Waals surface area contributed by atoms with Gasteiger partial charge in [-0.25, -0.2) is 27.6 Å². The number of nitrogens with one attached hydrogen (secondary N) is 5. The van der Waals surface area contributed by atoms with Crippen molar-refractivity contribution in [1.82, 2.24) is 40.9 Å². The number of pyridine rings is 3. The number of aromatic nitrogens is 5. The predicted molar refractivity (Wildman–Crippen MR) is 396 cm³/mol. The zero-order valence-corrected chi connectivity index (χ0v) is 58.7. The van der Waals surface area contributed by atoms with E-state index in [0.717, 1.165) is 128 Å². The van der Waals surface area contributed by atoms with Crippen molar-refractivity contribution in [3.63, 3.8) is 0 Å². The number of allylic oxidation sites excluding steroid dienone is 3. The fourth-order valence-corrected chi connectivity index (χ4v) is 17.9. The molecule has 14 nitrogen and oxygen atoms in total. The first-order valence-corrected chi connectivity index (χ1v) is 37.1. The summed E-state index contributed by atoms with van der Waals surface area (Å²) >= 11 is 1.84. The number of benzene rings is 3. The number of hydrogen-bond donors (Lipinski definition) is 5. The molecule has 0 saturated heterocycles. The lowest BCUT2D eigenvalue weighted by molar-refractivity contribution is 0.128. The van der Waals surface area contributed by atoms with Crippen LogP contribution in [0.25, 0.3) is 51.6 Å². The van der Waals surface area contributed by atoms with Crippen LogP contribution >= 0.6 is 11.3 Å². The number of hydrogen-bond acceptors (Lipinski definition) is 10. The second kappa shape index (κ2) is 33.3. The van der Waals surface area contributed by atoms with Gasteiger partial charge in [-0.3, -0.25) is 15.0 Å². The van der Waals surface area contributed by atoms with Crippen molar-refractivity contribution >= 4 is 47.8 Å². The molecular formula is C84H89F3N8O6S. The fraction of sp³-hybridized carbons (Fsp3) is 0.357. The second-order valence-corrected chi connectivity index (χ2v) is 28.8. The molecule has 15 rings (SSSR count). The lowest BCUT2D eigenvalue weighted by Gasteiger charge is -2.43. The van der Waals surface area contributed by atoms with Crippen LogP contribution in [0.1, 0.15) is 146 Å². The van der Waals surface area contributed by atoms with Crippen molar-refractivity contribution in [2.45, 2.75) is 134 Å². The number of ether oxygens (including phenoxy) is 3. The third kappa shape index (κ3) is 17.4. The van der Waals surface area contributed by atoms with Gasteiger partial charge < -0.3 is 40.1 Å². The van der Waals surface area contributed by atoms with Crippen molar-refractivity contribution in [3.8, 4) is 33.4 Å². The van der Waals surface area contributed by atoms with Gasteiger partial charge in [0.05, 0.1) is 36.9 Å². The number of H-pyrrole nitrogens is 2. The quantitative estimate of drug-likeness (QED) is 0.0623. The van der Waals surface area contributed by atoms with E-state index in [0.29, 0.717) is 67.2 Å². The molecule has 6 aliphatic carbocycles. The SMILES string of the molecule is CCOC(=O)N[C@@H]1CC[C@@H]2[C@H](Cc3c[nH]cc3[C@H]2/C=C/c2ccc(-c3cccc(F)c3)cn2)C1.CCOC(=O)N[C@@H]1CC[C@@H]2[C@H](Cc3cc[nH]c3[C@H]2/C=C/c2ccc(-c3cccc(F)c3)cn2)C1.CCOC(=O)N[C@@H]1CC[C@@H]2[C@H](Cc3sccc3[C@H]2/C=C/c2ccc(-c3cccc(F)c3)cn2)C1. The van der Waals surface area contributed by atoms with Gasteiger partial charge in [-0.1, -0.05) is 72.8 Å². The zero-order valence-electron chi connectivity index (χ0n) is 57.9. The standard InChI is InChI=1S/2C28H30FN3O2.C28H29FN2O2S/c1-2-34-28(33)32-24-9-10-25-20(14-24)12-21-15-30-17-27(21)26(25)11-8-23-7-6-19(16-31-23)18-4-3-5-22(29)13-18;1-2-34-28(33)32-24-9-10-25-21(16-24)14-19-12-13-30-27(19)26(25)11-8-23-7-6-20(17-31-23)18-4-3-5-22(29)15-18;1-2-33-28(32)31-23-9-10-24-20(15-23)16-27-26(12-13-34-27)25(24)11-8-22-7-6-19(17-30-22)18-4-3-5-21(29)14-18/h3-8,11,13,15-17,20,24-26,30H,2,9-10,12,14H2,1H3,(H,32,33);3-8,11-13,15,17,21,24-26,30H,2,9-10,14,16H2,1H3,(H,32,33);3-8,11-14,17,20,23-25H,2,9-10,15-16H2,1H3,(H,31,32)/b3*11-8+/t20-,24-,25-,26+;21-,24-,25-,26+;20-,23+,24+,25-/m110/s1. The van der Waals surface area contributed by atoms with Crippen LogP contribution in [0.5, 0.6) is 0 Å². The maximum Gasteiger partial charge on any atom is 0.407 e. The van der Waals surface area contributed by atoms with Crippen molar-refractivity contribution < 1.29 is 41.8 Å². The summed E-state index contributed by atoms with van der Waals surface area (Å²) < 4.78 is 55.9. The molecule has 6 aromatic heterocycles. The monoisotopic (exact) mass is 1390 g/mol. The van der Waals surface area contributed by atoms with E-state index >= 15 is 0 Å². The van der Waals surface area contributed by atoms with Gasteiger partial charge >= 0.3 is 18.3 Å². The minimum Gasteiger partial charge on any atom is -0.450 e. The summed E-state index contributed by atoms with van der Waals surface area (Å²) in [5.74, 6) is 3.41. The molecule has 18 heteroatoms. The van der Waals surface area contributed by atoms with E-state index in [4.69, 9.17) is 14.2 Å². The summed E-state index contributed by atoms with van der Waals surface area (Å²) in [6.07, 6.45) is 36.1. The molecule has 12 atom stereocenters. The van der Waals surface area contributed by atoms with Crippen LogP contribution in [0.2, 0.25) is 0 Å². The van der Waals surface area contributed by atoms with Gasteiger partial charge in [0.15, 0.2) is 0 Å². The topological polar surface area (TPSA) is 185 Å². The molecule has 5 N–H and O–H groups in total. The number of aromatic amines is 2. The molecule has 9 aromatic rings. The first kappa shape index (κ1) is 70.6. The van der Waals surface area contributed by atoms with Crippen LogP contribution in [0.15, 0.2) is 182 Å². The van der Waals surface area contributed by atoms with Gasteiger partial charge in [-0.2, -0.15) is 0 Å². The van der Waals surface area contributed by atoms with E-state index in [1.54, 1.807) is 36.8 Å². The summed E-state index contributed by atoms with van der Waals surface area (Å²) in [7, 11) is 0. The molecule has 3 fully saturated rings. The number of halogens is 3. The van der Waals surface area contributed by atoms with Gasteiger partial charge in [-0.15, -0.1) is 11.3 Å². The van der Waals surface area contributed by atoms with Crippen molar-refractivity contribution in [2.75, 3.05) is 19.8 Å². The molecule has 0 unspecified atom stereocenters. The molecule has 0 spiro atoms. The Balaban J connectivity index is 0.000000137. The Morgan fingerprint density at radius 1 is 0.480 bits per heavy atom. The summed E-state index contributed by atoms with van der Waals surface area (Å²) in [6, 6.07) is 36.6. The van der Waals surface area contributed by atoms with E-state index in [1.165, 1.54) is 69.2 Å². The molecule has 528 valence electrons. The molecule has 3 amide bonds. The van der Waals surface area contributed by atoms with Gasteiger partial charge in [0.2, 0.25) is 0 Å². The van der Waals surface area contributed by atoms with Gasteiger partial charge in [0.1, 0.15) is 17.5 Å². The summed E-state index contributed by atoms with van der Waals surface area (Å²) in [5, 5.41) is 11.3. The lowest BCUT2D eigenvalue weighted by atomic mass is 9.63. The number of alkyl carbamates (subject to hydrolysis) is 3. The molecule has 0 bridgehead atoms. The summed E-state index contributed by atoms with van der Waals surface area (Å²) in [4.78, 5) is 57.8. The number of amides is 3. The highest BCUT2D eigenvalue weighted by Crippen LogP contribution is 2.51. The lowest BCUT2D eigenvalue weighted by Crippen LogP contribution is -2.44. The van der Waals surface area contributed by atoms with E-state index in [9.17, 15) is 27.6 Å². The van der Waals surface area contributed by atoms with Gasteiger partial charge in [0.25, 0.3) is 0 Å². The Hall–Kier alpha value is -9.81. The van der Waals surface area contributed by atoms with Crippen molar-refractivity contribution in [1.29, 1.82) is 0 Å². The number of carbonyl (C=O) groups excluding carboxylic acids is 3. The van der Waals surface area contributed by atoms with Gasteiger partial charge in [0, 0.05) is 100 Å². The predicted octanol–water partition coefficient (Wildman–Crippen LogP) is 19.0. The average Bonchev–Trinajstić information content (AvgIpc) is 1.29. The molecular weight excluding hydrogens is 1310 g/mol. The Bertz CT molecular complexity index is 3960. The summed E-state index contributed by atoms with van der Waals surface area (Å²) in [6.45, 7) is 6.66. The third-order valence-electron chi connectivity index (χ3n) is 21.5. The number of rotatable bonds is 15. The van der Waals surface area contributed by atoms with Crippen LogP contribution in [0, 0.1) is 53.0 Å². The van der Waals surface area contributed by atoms with Gasteiger partial charge in [-0.05, 0) is 263 Å². The van der Waals surface area contributed by atoms with E-state index in [1.807, 2.05) is 92.9 Å². The van der Waals surface area contributed by atoms with E-state index < -0.39 is 0 Å². The van der Waals surface area contributed by atoms with E-state index in [2.05, 4.69) is 107 Å². The fourth-order valence-electron chi connectivity index (χ4n) is 16.9. The Kier molecular flexibility index (Phi) is 23.1. The number of fused-ring (bicyclic) bond motifs is 6. The molecule has 6 heterocycles. The Morgan fingerprint density at radius 2 is 0.902 bits per heavy atom. The largest absolute Gasteiger partial charge is 0.450 e. The van der Waals surface area contributed by atoms with Crippen LogP contribution in [-0.4, -0.2) is 81.1 Å². The number of carbonyl (C=O) groups is 3. The van der Waals surface area contributed by atoms with Crippen molar-refractivity contribution in [3.05, 3.63) is 249 Å². The number of thiophene rings is 1. The minimum absolute atomic E-state index is 0.169. The Morgan fingerprint density at radius 3 is 1.33 bits per heavy atom. The zero-order chi connectivity index (χ0) is 70.5. The normalized spacial score (nSPS) is 23.8. The highest BCUT2D eigenvalue weighted by molar-refractivity contribution is 7.10. The first-order valence-electron chi connectivity index (χ1n) is 36.2. The molecule has 102 heavy (non-hydrogen) atoms. The summed E-state index contributed by atoms with van der Waals surface area (Å²) in [5.41, 5.74) is 14.7. The second-order valence-electron chi connectivity index (χ2n) is 27.8. The highest BCUT2D eigenvalue weighted by atomic mass is 32.1. The number of nitrogens with zero attached hydrogens (tertiary/aromatic N) is 3. The smallest absolute Gasteiger partial charge is 0.407 e. The highest BCUT2D eigenvalue weighted by Gasteiger charge is 2.43. The first-order chi connectivity index (χ1) is 49.8.